The van der Waals surface area contributed by atoms with Gasteiger partial charge in [0, 0.05) is 11.1 Å². The van der Waals surface area contributed by atoms with Gasteiger partial charge in [-0.1, -0.05) is 164 Å². The third-order valence-corrected chi connectivity index (χ3v) is 7.53. The van der Waals surface area contributed by atoms with Crippen LogP contribution in [0.25, 0.3) is 22.3 Å². The van der Waals surface area contributed by atoms with Crippen molar-refractivity contribution >= 4 is 0 Å². The van der Waals surface area contributed by atoms with E-state index in [0.717, 1.165) is 34.4 Å². The highest BCUT2D eigenvalue weighted by Crippen LogP contribution is 2.44. The van der Waals surface area contributed by atoms with E-state index in [4.69, 9.17) is 4.74 Å². The summed E-state index contributed by atoms with van der Waals surface area (Å²) in [5, 5.41) is 10.8. The zero-order chi connectivity index (χ0) is 26.7. The molecule has 0 saturated carbocycles. The number of rotatable bonds is 20. The molecule has 1 N–H and O–H groups in total. The predicted molar refractivity (Wildman–Crippen MR) is 164 cm³/mol. The summed E-state index contributed by atoms with van der Waals surface area (Å²) in [6, 6.07) is 24.0. The van der Waals surface area contributed by atoms with Gasteiger partial charge in [-0.3, -0.25) is 0 Å². The Hall–Kier alpha value is -2.74. The molecule has 0 fully saturated rings. The van der Waals surface area contributed by atoms with Crippen molar-refractivity contribution < 1.29 is 9.84 Å². The molecule has 2 nitrogen and oxygen atoms in total. The Morgan fingerprint density at radius 3 is 1.37 bits per heavy atom. The van der Waals surface area contributed by atoms with Crippen molar-refractivity contribution in [2.45, 2.75) is 110 Å². The lowest BCUT2D eigenvalue weighted by Gasteiger charge is -2.18. The second kappa shape index (κ2) is 18.5. The Morgan fingerprint density at radius 2 is 0.895 bits per heavy atom. The third-order valence-electron chi connectivity index (χ3n) is 7.53. The number of phenols is 1. The molecule has 0 heterocycles. The molecule has 0 atom stereocenters. The smallest absolute Gasteiger partial charge is 0.128 e. The van der Waals surface area contributed by atoms with E-state index in [2.05, 4.69) is 19.1 Å². The van der Waals surface area contributed by atoms with E-state index in [9.17, 15) is 5.11 Å². The lowest BCUT2D eigenvalue weighted by atomic mass is 9.93. The van der Waals surface area contributed by atoms with E-state index in [1.54, 1.807) is 6.07 Å². The van der Waals surface area contributed by atoms with Crippen LogP contribution < -0.4 is 4.74 Å². The van der Waals surface area contributed by atoms with Crippen LogP contribution in [0, 0.1) is 0 Å². The minimum Gasteiger partial charge on any atom is -0.507 e. The van der Waals surface area contributed by atoms with Crippen LogP contribution in [0.4, 0.5) is 0 Å². The molecule has 3 aromatic carbocycles. The van der Waals surface area contributed by atoms with Crippen molar-refractivity contribution in [2.75, 3.05) is 6.61 Å². The first kappa shape index (κ1) is 29.8. The van der Waals surface area contributed by atoms with Crippen LogP contribution >= 0.6 is 0 Å². The van der Waals surface area contributed by atoms with Gasteiger partial charge in [0.1, 0.15) is 11.5 Å². The Kier molecular flexibility index (Phi) is 14.5. The van der Waals surface area contributed by atoms with Crippen molar-refractivity contribution in [3.63, 3.8) is 0 Å². The van der Waals surface area contributed by atoms with Crippen LogP contribution in [-0.4, -0.2) is 11.7 Å². The molecule has 3 aromatic rings. The normalized spacial score (nSPS) is 11.1. The van der Waals surface area contributed by atoms with E-state index in [1.807, 2.05) is 54.6 Å². The lowest BCUT2D eigenvalue weighted by molar-refractivity contribution is 0.305. The van der Waals surface area contributed by atoms with Gasteiger partial charge in [-0.15, -0.1) is 0 Å². The van der Waals surface area contributed by atoms with Crippen LogP contribution in [0.2, 0.25) is 0 Å². The molecule has 38 heavy (non-hydrogen) atoms. The molecule has 0 radical (unpaired) electrons. The Morgan fingerprint density at radius 1 is 0.474 bits per heavy atom. The molecule has 0 spiro atoms. The number of hydrogen-bond donors (Lipinski definition) is 1. The van der Waals surface area contributed by atoms with Crippen LogP contribution in [0.15, 0.2) is 72.8 Å². The monoisotopic (exact) mass is 514 g/mol. The Labute approximate surface area is 232 Å². The van der Waals surface area contributed by atoms with Gasteiger partial charge < -0.3 is 9.84 Å². The highest BCUT2D eigenvalue weighted by Gasteiger charge is 2.17. The van der Waals surface area contributed by atoms with Gasteiger partial charge in [-0.2, -0.15) is 0 Å². The fourth-order valence-electron chi connectivity index (χ4n) is 5.31. The van der Waals surface area contributed by atoms with Crippen LogP contribution in [0.5, 0.6) is 11.5 Å². The zero-order valence-corrected chi connectivity index (χ0v) is 23.8. The van der Waals surface area contributed by atoms with E-state index < -0.39 is 0 Å². The first-order chi connectivity index (χ1) is 18.8. The Balaban J connectivity index is 1.34. The average Bonchev–Trinajstić information content (AvgIpc) is 2.96. The summed E-state index contributed by atoms with van der Waals surface area (Å²) < 4.78 is 6.32. The Bertz CT molecular complexity index is 997. The molecule has 3 rings (SSSR count). The van der Waals surface area contributed by atoms with Gasteiger partial charge in [0.15, 0.2) is 0 Å². The summed E-state index contributed by atoms with van der Waals surface area (Å²) in [6.07, 6.45) is 21.9. The minimum absolute atomic E-state index is 0.282. The van der Waals surface area contributed by atoms with E-state index in [-0.39, 0.29) is 5.75 Å². The average molecular weight is 515 g/mol. The fraction of sp³-hybridized carbons (Fsp3) is 0.500. The quantitative estimate of drug-likeness (QED) is 0.152. The summed E-state index contributed by atoms with van der Waals surface area (Å²) in [5.74, 6) is 1.12. The minimum atomic E-state index is 0.282. The summed E-state index contributed by atoms with van der Waals surface area (Å²) in [4.78, 5) is 0. The molecule has 0 saturated heterocycles. The number of aromatic hydroxyl groups is 1. The number of benzene rings is 3. The second-order valence-corrected chi connectivity index (χ2v) is 10.7. The summed E-state index contributed by atoms with van der Waals surface area (Å²) in [5.41, 5.74) is 3.86. The van der Waals surface area contributed by atoms with Crippen LogP contribution in [-0.2, 0) is 0 Å². The molecule has 0 bridgehead atoms. The van der Waals surface area contributed by atoms with E-state index >= 15 is 0 Å². The topological polar surface area (TPSA) is 29.5 Å². The molecule has 0 unspecified atom stereocenters. The number of hydrogen-bond acceptors (Lipinski definition) is 2. The fourth-order valence-corrected chi connectivity index (χ4v) is 5.31. The van der Waals surface area contributed by atoms with Gasteiger partial charge in [-0.25, -0.2) is 0 Å². The van der Waals surface area contributed by atoms with Crippen molar-refractivity contribution in [2.24, 2.45) is 0 Å². The van der Waals surface area contributed by atoms with Crippen LogP contribution in [0.1, 0.15) is 110 Å². The second-order valence-electron chi connectivity index (χ2n) is 10.7. The maximum atomic E-state index is 10.8. The van der Waals surface area contributed by atoms with E-state index in [1.165, 1.54) is 96.3 Å². The highest BCUT2D eigenvalue weighted by molar-refractivity contribution is 5.91. The maximum Gasteiger partial charge on any atom is 0.128 e. The third kappa shape index (κ3) is 10.6. The van der Waals surface area contributed by atoms with Crippen molar-refractivity contribution in [1.82, 2.24) is 0 Å². The molecular weight excluding hydrogens is 464 g/mol. The summed E-state index contributed by atoms with van der Waals surface area (Å²) >= 11 is 0. The SMILES string of the molecule is CCCCCCCCCCCCCCCCCCOc1ccc(O)c(-c2ccccc2)c1-c1ccccc1. The number of phenolic OH excluding ortho intramolecular Hbond substituents is 1. The first-order valence-corrected chi connectivity index (χ1v) is 15.4. The van der Waals surface area contributed by atoms with Crippen molar-refractivity contribution in [3.8, 4) is 33.8 Å². The molecule has 0 aliphatic carbocycles. The maximum absolute atomic E-state index is 10.8. The number of unbranched alkanes of at least 4 members (excludes halogenated alkanes) is 15. The lowest BCUT2D eigenvalue weighted by Crippen LogP contribution is -2.00. The molecule has 0 aromatic heterocycles. The van der Waals surface area contributed by atoms with Crippen molar-refractivity contribution in [3.05, 3.63) is 72.8 Å². The van der Waals surface area contributed by atoms with Gasteiger partial charge in [-0.05, 0) is 29.7 Å². The summed E-state index contributed by atoms with van der Waals surface area (Å²) in [7, 11) is 0. The zero-order valence-electron chi connectivity index (χ0n) is 23.8. The van der Waals surface area contributed by atoms with Gasteiger partial charge in [0.05, 0.1) is 6.61 Å². The van der Waals surface area contributed by atoms with Gasteiger partial charge in [0.2, 0.25) is 0 Å². The van der Waals surface area contributed by atoms with E-state index in [0.29, 0.717) is 6.61 Å². The predicted octanol–water partition coefficient (Wildman–Crippen LogP) is 11.4. The molecule has 206 valence electrons. The molecular formula is C36H50O2. The molecule has 0 amide bonds. The first-order valence-electron chi connectivity index (χ1n) is 15.4. The van der Waals surface area contributed by atoms with Crippen LogP contribution in [0.3, 0.4) is 0 Å². The standard InChI is InChI=1S/C36H50O2/c1-2-3-4-5-6-7-8-9-10-11-12-13-14-15-16-23-30-38-34-29-28-33(37)35(31-24-19-17-20-25-31)36(34)32-26-21-18-22-27-32/h17-22,24-29,37H,2-16,23,30H2,1H3. The highest BCUT2D eigenvalue weighted by atomic mass is 16.5. The van der Waals surface area contributed by atoms with Gasteiger partial charge >= 0.3 is 0 Å². The molecule has 0 aliphatic heterocycles. The van der Waals surface area contributed by atoms with Crippen molar-refractivity contribution in [1.29, 1.82) is 0 Å². The molecule has 2 heteroatoms. The largest absolute Gasteiger partial charge is 0.507 e. The number of ether oxygens (including phenoxy) is 1. The molecule has 0 aliphatic rings. The van der Waals surface area contributed by atoms with Gasteiger partial charge in [0.25, 0.3) is 0 Å². The summed E-state index contributed by atoms with van der Waals surface area (Å²) in [6.45, 7) is 2.99.